The van der Waals surface area contributed by atoms with Crippen LogP contribution in [-0.2, 0) is 19.1 Å². The molecule has 0 saturated carbocycles. The van der Waals surface area contributed by atoms with Crippen molar-refractivity contribution in [2.24, 2.45) is 0 Å². The second-order valence-electron chi connectivity index (χ2n) is 4.44. The van der Waals surface area contributed by atoms with E-state index in [-0.39, 0.29) is 62.1 Å². The van der Waals surface area contributed by atoms with E-state index < -0.39 is 0 Å². The van der Waals surface area contributed by atoms with Gasteiger partial charge in [-0.2, -0.15) is 0 Å². The summed E-state index contributed by atoms with van der Waals surface area (Å²) in [5.74, 6) is 9.17. The molecule has 0 unspecified atom stereocenters. The Kier molecular flexibility index (Phi) is 191. The number of carbonyl (C=O) groups is 3. The molecule has 35 heavy (non-hydrogen) atoms. The van der Waals surface area contributed by atoms with Gasteiger partial charge in [0.05, 0.1) is 13.5 Å². The van der Waals surface area contributed by atoms with Crippen molar-refractivity contribution in [3.05, 3.63) is 50.1 Å². The Morgan fingerprint density at radius 2 is 1.14 bits per heavy atom. The van der Waals surface area contributed by atoms with E-state index in [0.717, 1.165) is 0 Å². The van der Waals surface area contributed by atoms with Crippen molar-refractivity contribution in [2.45, 2.75) is 92.5 Å². The lowest BCUT2D eigenvalue weighted by molar-refractivity contribution is -0.139. The largest absolute Gasteiger partial charge is 0.469 e. The Hall–Kier alpha value is -3.55. The third-order valence-corrected chi connectivity index (χ3v) is 1.62. The van der Waals surface area contributed by atoms with Crippen LogP contribution in [0, 0.1) is 36.5 Å². The van der Waals surface area contributed by atoms with Gasteiger partial charge in [0.15, 0.2) is 11.6 Å². The minimum absolute atomic E-state index is 0. The molecule has 0 bridgehead atoms. The lowest BCUT2D eigenvalue weighted by Crippen LogP contribution is -1.95. The molecule has 208 valence electrons. The van der Waals surface area contributed by atoms with Gasteiger partial charge in [-0.25, -0.2) is 0 Å². The third kappa shape index (κ3) is 276. The topological polar surface area (TPSA) is 60.4 Å². The first kappa shape index (κ1) is 77.1. The van der Waals surface area contributed by atoms with Crippen molar-refractivity contribution < 1.29 is 19.1 Å². The van der Waals surface area contributed by atoms with E-state index in [1.54, 1.807) is 26.8 Å². The van der Waals surface area contributed by atoms with E-state index in [2.05, 4.69) is 61.2 Å². The fraction of sp³-hybridized carbons (Fsp3) is 0.452. The summed E-state index contributed by atoms with van der Waals surface area (Å²) in [6, 6.07) is 0. The van der Waals surface area contributed by atoms with E-state index in [4.69, 9.17) is 6.42 Å². The zero-order valence-electron chi connectivity index (χ0n) is 19.1. The predicted molar refractivity (Wildman–Crippen MR) is 166 cm³/mol. The summed E-state index contributed by atoms with van der Waals surface area (Å²) in [6.07, 6.45) is 14.1. The number of carbonyl (C=O) groups excluding carboxylic acids is 3. The van der Waals surface area contributed by atoms with Crippen molar-refractivity contribution in [3.63, 3.8) is 0 Å². The van der Waals surface area contributed by atoms with Gasteiger partial charge >= 0.3 is 5.97 Å². The summed E-state index contributed by atoms with van der Waals surface area (Å²) in [5.41, 5.74) is 0.620. The second-order valence-corrected chi connectivity index (χ2v) is 4.44. The average Bonchev–Trinajstić information content (AvgIpc) is 2.65. The van der Waals surface area contributed by atoms with E-state index >= 15 is 0 Å². The second kappa shape index (κ2) is 86.7. The molecule has 0 fully saturated rings. The Labute approximate surface area is 223 Å². The van der Waals surface area contributed by atoms with Crippen LogP contribution in [0.4, 0.5) is 0 Å². The van der Waals surface area contributed by atoms with Crippen molar-refractivity contribution in [3.8, 4) is 36.5 Å². The molecule has 0 radical (unpaired) electrons. The summed E-state index contributed by atoms with van der Waals surface area (Å²) >= 11 is 0. The zero-order chi connectivity index (χ0) is 24.7. The number of Topliss-reactive ketones (excluding diaryl/α,β-unsaturated/α-hetero) is 1. The first-order valence-corrected chi connectivity index (χ1v) is 8.26. The molecular formula is C31H60O4. The fourth-order valence-electron chi connectivity index (χ4n) is 0.273. The summed E-state index contributed by atoms with van der Waals surface area (Å²) in [4.78, 5) is 29.9. The van der Waals surface area contributed by atoms with Gasteiger partial charge in [0.2, 0.25) is 0 Å². The van der Waals surface area contributed by atoms with Gasteiger partial charge in [-0.05, 0) is 65.0 Å². The van der Waals surface area contributed by atoms with Gasteiger partial charge in [-0.15, -0.1) is 31.9 Å². The molecule has 0 aromatic rings. The van der Waals surface area contributed by atoms with Gasteiger partial charge in [0.25, 0.3) is 0 Å². The van der Waals surface area contributed by atoms with E-state index in [9.17, 15) is 14.4 Å². The fourth-order valence-corrected chi connectivity index (χ4v) is 0.273. The van der Waals surface area contributed by atoms with Crippen LogP contribution >= 0.6 is 0 Å². The van der Waals surface area contributed by atoms with Crippen LogP contribution in [0.3, 0.4) is 0 Å². The van der Waals surface area contributed by atoms with Crippen molar-refractivity contribution >= 4 is 17.5 Å². The molecule has 0 atom stereocenters. The van der Waals surface area contributed by atoms with Gasteiger partial charge < -0.3 is 4.74 Å². The molecule has 0 aliphatic carbocycles. The molecule has 4 heteroatoms. The van der Waals surface area contributed by atoms with E-state index in [1.165, 1.54) is 33.1 Å². The van der Waals surface area contributed by atoms with Crippen LogP contribution in [0.1, 0.15) is 92.5 Å². The van der Waals surface area contributed by atoms with Crippen molar-refractivity contribution in [1.82, 2.24) is 0 Å². The Morgan fingerprint density at radius 3 is 1.17 bits per heavy atom. The SMILES string of the molecule is C.C.C.C.C.C.C#CC.C#CC#CC.C=C(C)C(C)=O.C=CC.C=CC(C)=O.C=CCC(=O)OC. The Bertz CT molecular complexity index is 601. The normalized spacial score (nSPS) is 4.83. The molecular weight excluding hydrogens is 436 g/mol. The molecule has 0 aromatic carbocycles. The number of hydrogen-bond acceptors (Lipinski definition) is 4. The van der Waals surface area contributed by atoms with Crippen LogP contribution in [0.25, 0.3) is 0 Å². The van der Waals surface area contributed by atoms with Crippen LogP contribution in [0.5, 0.6) is 0 Å². The number of rotatable bonds is 4. The minimum atomic E-state index is -0.241. The minimum Gasteiger partial charge on any atom is -0.469 e. The Balaban J connectivity index is -0.0000000179. The third-order valence-electron chi connectivity index (χ3n) is 1.62. The van der Waals surface area contributed by atoms with Gasteiger partial charge in [0.1, 0.15) is 0 Å². The van der Waals surface area contributed by atoms with Crippen LogP contribution < -0.4 is 0 Å². The highest BCUT2D eigenvalue weighted by molar-refractivity contribution is 5.91. The monoisotopic (exact) mass is 496 g/mol. The molecule has 0 N–H and O–H groups in total. The highest BCUT2D eigenvalue weighted by Gasteiger charge is 1.90. The van der Waals surface area contributed by atoms with E-state index in [0.29, 0.717) is 12.0 Å². The molecule has 4 nitrogen and oxygen atoms in total. The molecule has 0 aliphatic rings. The molecule has 0 aromatic heterocycles. The number of methoxy groups -OCH3 is 1. The van der Waals surface area contributed by atoms with Gasteiger partial charge in [0, 0.05) is 0 Å². The number of terminal acetylenes is 2. The van der Waals surface area contributed by atoms with Crippen molar-refractivity contribution in [2.75, 3.05) is 7.11 Å². The Morgan fingerprint density at radius 1 is 0.886 bits per heavy atom. The summed E-state index contributed by atoms with van der Waals surface area (Å²) in [6.45, 7) is 23.2. The smallest absolute Gasteiger partial charge is 0.309 e. The lowest BCUT2D eigenvalue weighted by atomic mass is 10.3. The average molecular weight is 497 g/mol. The van der Waals surface area contributed by atoms with Crippen molar-refractivity contribution in [1.29, 1.82) is 0 Å². The summed E-state index contributed by atoms with van der Waals surface area (Å²) < 4.78 is 4.28. The molecule has 0 aliphatic heterocycles. The van der Waals surface area contributed by atoms with Crippen LogP contribution in [0.2, 0.25) is 0 Å². The quantitative estimate of drug-likeness (QED) is 0.169. The molecule has 0 spiro atoms. The number of esters is 1. The standard InChI is InChI=1S/C5H8O2.C5H8O.C5H4.C4H6O.C3H6.C3H4.6CH4/c1-3-4-5(6)7-2;1-4(2)5(3)6;1-3-5-4-2;1-3-4(2)5;2*1-3-2;;;;;;/h3H,1,4H2,2H3;1H2,2-3H3;1H,2H3;3H,1H2,2H3;3H,1H2,2H3;1H,2H3;6*1H4. The van der Waals surface area contributed by atoms with Gasteiger partial charge in [-0.3, -0.25) is 14.4 Å². The molecule has 0 saturated heterocycles. The van der Waals surface area contributed by atoms with Crippen LogP contribution in [0.15, 0.2) is 50.1 Å². The number of allylic oxidation sites excluding steroid dienone is 3. The maximum Gasteiger partial charge on any atom is 0.309 e. The number of ether oxygens (including phenoxy) is 1. The predicted octanol–water partition coefficient (Wildman–Crippen LogP) is 8.94. The molecule has 0 amide bonds. The zero-order valence-corrected chi connectivity index (χ0v) is 19.1. The maximum absolute atomic E-state index is 10.1. The van der Waals surface area contributed by atoms with E-state index in [1.807, 2.05) is 6.92 Å². The lowest BCUT2D eigenvalue weighted by Gasteiger charge is -1.88. The number of hydrogen-bond donors (Lipinski definition) is 0. The highest BCUT2D eigenvalue weighted by Crippen LogP contribution is 1.84. The van der Waals surface area contributed by atoms with Crippen LogP contribution in [-0.4, -0.2) is 24.6 Å². The first-order valence-electron chi connectivity index (χ1n) is 8.26. The highest BCUT2D eigenvalue weighted by atomic mass is 16.5. The maximum atomic E-state index is 10.1. The summed E-state index contributed by atoms with van der Waals surface area (Å²) in [5, 5.41) is 0. The summed E-state index contributed by atoms with van der Waals surface area (Å²) in [7, 11) is 1.35. The molecule has 0 rings (SSSR count). The molecule has 0 heterocycles. The first-order chi connectivity index (χ1) is 13.5. The van der Waals surface area contributed by atoms with Gasteiger partial charge in [-0.1, -0.05) is 75.8 Å². The number of ketones is 2.